The Kier molecular flexibility index (Phi) is 6.52. The fraction of sp³-hybridized carbons (Fsp3) is 0.667. The lowest BCUT2D eigenvalue weighted by Gasteiger charge is -2.29. The molecule has 1 fully saturated rings. The number of rotatable bonds is 7. The molecule has 3 heteroatoms. The van der Waals surface area contributed by atoms with Gasteiger partial charge >= 0.3 is 0 Å². The minimum atomic E-state index is 0.425. The smallest absolute Gasteiger partial charge is 0.118 e. The maximum atomic E-state index is 5.24. The van der Waals surface area contributed by atoms with Crippen LogP contribution in [0.25, 0.3) is 0 Å². The van der Waals surface area contributed by atoms with Gasteiger partial charge in [-0.3, -0.25) is 0 Å². The van der Waals surface area contributed by atoms with E-state index in [-0.39, 0.29) is 0 Å². The number of methoxy groups -OCH3 is 1. The maximum Gasteiger partial charge on any atom is 0.118 e. The van der Waals surface area contributed by atoms with Crippen LogP contribution >= 0.6 is 0 Å². The quantitative estimate of drug-likeness (QED) is 0.804. The minimum absolute atomic E-state index is 0.425. The molecule has 1 aromatic carbocycles. The zero-order valence-electron chi connectivity index (χ0n) is 13.7. The minimum Gasteiger partial charge on any atom is -0.497 e. The summed E-state index contributed by atoms with van der Waals surface area (Å²) in [6.45, 7) is 5.74. The second kappa shape index (κ2) is 8.40. The molecule has 1 aromatic rings. The van der Waals surface area contributed by atoms with Crippen molar-refractivity contribution < 1.29 is 4.74 Å². The molecule has 3 atom stereocenters. The van der Waals surface area contributed by atoms with Crippen LogP contribution in [-0.2, 0) is 0 Å². The molecule has 0 saturated carbocycles. The Hall–Kier alpha value is -1.06. The molecule has 21 heavy (non-hydrogen) atoms. The van der Waals surface area contributed by atoms with Crippen LogP contribution in [0.2, 0.25) is 0 Å². The van der Waals surface area contributed by atoms with Crippen LogP contribution in [0.4, 0.5) is 0 Å². The number of nitrogens with one attached hydrogen (secondary N) is 2. The summed E-state index contributed by atoms with van der Waals surface area (Å²) in [5, 5.41) is 7.43. The Bertz CT molecular complexity index is 398. The highest BCUT2D eigenvalue weighted by Crippen LogP contribution is 2.21. The van der Waals surface area contributed by atoms with E-state index in [1.807, 2.05) is 12.1 Å². The fourth-order valence-corrected chi connectivity index (χ4v) is 3.25. The summed E-state index contributed by atoms with van der Waals surface area (Å²) in [6.07, 6.45) is 6.36. The molecule has 0 aliphatic carbocycles. The van der Waals surface area contributed by atoms with Gasteiger partial charge in [-0.25, -0.2) is 0 Å². The van der Waals surface area contributed by atoms with Gasteiger partial charge in [-0.15, -0.1) is 0 Å². The van der Waals surface area contributed by atoms with E-state index in [0.29, 0.717) is 18.1 Å². The molecule has 0 amide bonds. The van der Waals surface area contributed by atoms with Crippen molar-refractivity contribution >= 4 is 0 Å². The topological polar surface area (TPSA) is 33.3 Å². The molecule has 0 radical (unpaired) electrons. The van der Waals surface area contributed by atoms with Gasteiger partial charge in [-0.1, -0.05) is 25.5 Å². The van der Waals surface area contributed by atoms with E-state index in [1.54, 1.807) is 7.11 Å². The predicted octanol–water partition coefficient (Wildman–Crippen LogP) is 3.66. The number of hydrogen-bond donors (Lipinski definition) is 2. The van der Waals surface area contributed by atoms with Crippen LogP contribution in [0.1, 0.15) is 57.6 Å². The Balaban J connectivity index is 1.87. The van der Waals surface area contributed by atoms with Gasteiger partial charge in [0.15, 0.2) is 0 Å². The average molecular weight is 290 g/mol. The van der Waals surface area contributed by atoms with Crippen molar-refractivity contribution in [3.05, 3.63) is 29.8 Å². The van der Waals surface area contributed by atoms with Crippen molar-refractivity contribution in [3.8, 4) is 5.75 Å². The fourth-order valence-electron chi connectivity index (χ4n) is 3.25. The summed E-state index contributed by atoms with van der Waals surface area (Å²) in [7, 11) is 1.71. The van der Waals surface area contributed by atoms with Gasteiger partial charge in [0.1, 0.15) is 5.75 Å². The summed E-state index contributed by atoms with van der Waals surface area (Å²) in [5.41, 5.74) is 1.35. The van der Waals surface area contributed by atoms with Gasteiger partial charge in [-0.2, -0.15) is 0 Å². The Labute approximate surface area is 129 Å². The zero-order chi connectivity index (χ0) is 15.1. The van der Waals surface area contributed by atoms with Crippen LogP contribution in [0.5, 0.6) is 5.75 Å². The molecule has 1 saturated heterocycles. The lowest BCUT2D eigenvalue weighted by Crippen LogP contribution is -2.40. The maximum absolute atomic E-state index is 5.24. The van der Waals surface area contributed by atoms with Crippen LogP contribution in [0, 0.1) is 0 Å². The second-order valence-corrected chi connectivity index (χ2v) is 6.18. The summed E-state index contributed by atoms with van der Waals surface area (Å²) in [4.78, 5) is 0. The first-order valence-electron chi connectivity index (χ1n) is 8.36. The number of hydrogen-bond acceptors (Lipinski definition) is 3. The second-order valence-electron chi connectivity index (χ2n) is 6.18. The highest BCUT2D eigenvalue weighted by molar-refractivity contribution is 5.29. The summed E-state index contributed by atoms with van der Waals surface area (Å²) >= 11 is 0. The van der Waals surface area contributed by atoms with E-state index in [2.05, 4.69) is 36.6 Å². The molecule has 1 aliphatic heterocycles. The van der Waals surface area contributed by atoms with Gasteiger partial charge in [-0.05, 0) is 56.8 Å². The molecule has 2 N–H and O–H groups in total. The van der Waals surface area contributed by atoms with Crippen LogP contribution in [0.15, 0.2) is 24.3 Å². The number of ether oxygens (including phenoxy) is 1. The van der Waals surface area contributed by atoms with E-state index in [4.69, 9.17) is 4.74 Å². The standard InChI is InChI=1S/C18H30N2O/c1-4-18(15-8-10-17(21-3)11-9-15)20-14(2)13-16-7-5-6-12-19-16/h8-11,14,16,18-20H,4-7,12-13H2,1-3H3. The van der Waals surface area contributed by atoms with Crippen LogP contribution < -0.4 is 15.4 Å². The molecule has 2 rings (SSSR count). The van der Waals surface area contributed by atoms with Crippen molar-refractivity contribution in [1.82, 2.24) is 10.6 Å². The molecule has 3 unspecified atom stereocenters. The molecular weight excluding hydrogens is 260 g/mol. The van der Waals surface area contributed by atoms with Crippen LogP contribution in [0.3, 0.4) is 0 Å². The van der Waals surface area contributed by atoms with Gasteiger partial charge < -0.3 is 15.4 Å². The molecule has 118 valence electrons. The van der Waals surface area contributed by atoms with E-state index < -0.39 is 0 Å². The molecule has 1 heterocycles. The lowest BCUT2D eigenvalue weighted by atomic mass is 9.97. The molecular formula is C18H30N2O. The van der Waals surface area contributed by atoms with E-state index in [1.165, 1.54) is 37.8 Å². The Morgan fingerprint density at radius 3 is 2.62 bits per heavy atom. The van der Waals surface area contributed by atoms with E-state index in [9.17, 15) is 0 Å². The third-order valence-electron chi connectivity index (χ3n) is 4.46. The monoisotopic (exact) mass is 290 g/mol. The summed E-state index contributed by atoms with van der Waals surface area (Å²) in [5.74, 6) is 0.924. The van der Waals surface area contributed by atoms with Gasteiger partial charge in [0.2, 0.25) is 0 Å². The molecule has 3 nitrogen and oxygen atoms in total. The normalized spacial score (nSPS) is 21.8. The molecule has 0 spiro atoms. The first-order valence-corrected chi connectivity index (χ1v) is 8.36. The van der Waals surface area contributed by atoms with Gasteiger partial charge in [0, 0.05) is 18.1 Å². The first kappa shape index (κ1) is 16.3. The average Bonchev–Trinajstić information content (AvgIpc) is 2.53. The first-order chi connectivity index (χ1) is 10.2. The largest absolute Gasteiger partial charge is 0.497 e. The Morgan fingerprint density at radius 1 is 1.29 bits per heavy atom. The van der Waals surface area contributed by atoms with E-state index in [0.717, 1.165) is 12.2 Å². The molecule has 1 aliphatic rings. The molecule has 0 aromatic heterocycles. The summed E-state index contributed by atoms with van der Waals surface area (Å²) in [6, 6.07) is 10.1. The SMILES string of the molecule is CCC(NC(C)CC1CCCCN1)c1ccc(OC)cc1. The zero-order valence-corrected chi connectivity index (χ0v) is 13.7. The van der Waals surface area contributed by atoms with Crippen molar-refractivity contribution in [1.29, 1.82) is 0 Å². The van der Waals surface area contributed by atoms with Gasteiger partial charge in [0.25, 0.3) is 0 Å². The lowest BCUT2D eigenvalue weighted by molar-refractivity contribution is 0.327. The van der Waals surface area contributed by atoms with E-state index >= 15 is 0 Å². The molecule has 0 bridgehead atoms. The predicted molar refractivity (Wildman–Crippen MR) is 88.9 cm³/mol. The van der Waals surface area contributed by atoms with Crippen LogP contribution in [-0.4, -0.2) is 25.7 Å². The van der Waals surface area contributed by atoms with Crippen molar-refractivity contribution in [2.45, 2.75) is 64.1 Å². The highest BCUT2D eigenvalue weighted by Gasteiger charge is 2.18. The van der Waals surface area contributed by atoms with Crippen molar-refractivity contribution in [2.24, 2.45) is 0 Å². The summed E-state index contributed by atoms with van der Waals surface area (Å²) < 4.78 is 5.24. The highest BCUT2D eigenvalue weighted by atomic mass is 16.5. The number of piperidine rings is 1. The Morgan fingerprint density at radius 2 is 2.05 bits per heavy atom. The third kappa shape index (κ3) is 5.01. The third-order valence-corrected chi connectivity index (χ3v) is 4.46. The van der Waals surface area contributed by atoms with Crippen molar-refractivity contribution in [3.63, 3.8) is 0 Å². The van der Waals surface area contributed by atoms with Crippen molar-refractivity contribution in [2.75, 3.05) is 13.7 Å². The van der Waals surface area contributed by atoms with Gasteiger partial charge in [0.05, 0.1) is 7.11 Å². The number of benzene rings is 1.